The van der Waals surface area contributed by atoms with Gasteiger partial charge in [0.05, 0.1) is 12.4 Å². The molecule has 3 atom stereocenters. The lowest BCUT2D eigenvalue weighted by molar-refractivity contribution is -0.134. The molecule has 5 nitrogen and oxygen atoms in total. The molecular formula is C17H28Cl2N4O. The van der Waals surface area contributed by atoms with Crippen LogP contribution in [0.1, 0.15) is 51.0 Å². The average molecular weight is 375 g/mol. The molecule has 0 aromatic carbocycles. The average Bonchev–Trinajstić information content (AvgIpc) is 3.23. The fourth-order valence-corrected chi connectivity index (χ4v) is 4.60. The van der Waals surface area contributed by atoms with Crippen LogP contribution in [-0.4, -0.2) is 45.5 Å². The molecule has 136 valence electrons. The molecule has 7 heteroatoms. The van der Waals surface area contributed by atoms with Crippen molar-refractivity contribution in [1.82, 2.24) is 19.8 Å². The molecule has 3 heterocycles. The first-order valence-electron chi connectivity index (χ1n) is 8.83. The summed E-state index contributed by atoms with van der Waals surface area (Å²) in [6, 6.07) is 1.19. The number of halogens is 2. The van der Waals surface area contributed by atoms with Gasteiger partial charge in [0.25, 0.3) is 0 Å². The molecule has 3 unspecified atom stereocenters. The van der Waals surface area contributed by atoms with Crippen LogP contribution < -0.4 is 5.32 Å². The smallest absolute Gasteiger partial charge is 0.239 e. The van der Waals surface area contributed by atoms with E-state index in [9.17, 15) is 4.79 Å². The van der Waals surface area contributed by atoms with Gasteiger partial charge in [0.15, 0.2) is 0 Å². The van der Waals surface area contributed by atoms with Gasteiger partial charge in [-0.05, 0) is 38.0 Å². The first-order valence-corrected chi connectivity index (χ1v) is 8.83. The molecule has 1 saturated carbocycles. The molecular weight excluding hydrogens is 347 g/mol. The van der Waals surface area contributed by atoms with Crippen LogP contribution in [0.3, 0.4) is 0 Å². The molecule has 24 heavy (non-hydrogen) atoms. The number of hydrogen-bond acceptors (Lipinski definition) is 3. The van der Waals surface area contributed by atoms with Gasteiger partial charge in [-0.1, -0.05) is 12.8 Å². The van der Waals surface area contributed by atoms with E-state index in [0.717, 1.165) is 38.3 Å². The molecule has 1 aromatic rings. The molecule has 1 aromatic heterocycles. The molecule has 3 fully saturated rings. The van der Waals surface area contributed by atoms with E-state index in [1.807, 2.05) is 18.7 Å². The van der Waals surface area contributed by atoms with E-state index in [-0.39, 0.29) is 30.9 Å². The van der Waals surface area contributed by atoms with E-state index in [0.29, 0.717) is 18.0 Å². The second kappa shape index (κ2) is 8.54. The van der Waals surface area contributed by atoms with Crippen molar-refractivity contribution in [3.8, 4) is 0 Å². The minimum atomic E-state index is 0. The van der Waals surface area contributed by atoms with E-state index in [4.69, 9.17) is 0 Å². The number of rotatable bonds is 2. The molecule has 4 rings (SSSR count). The van der Waals surface area contributed by atoms with Crippen molar-refractivity contribution in [2.45, 2.75) is 63.1 Å². The number of nitrogens with zero attached hydrogens (tertiary/aromatic N) is 3. The zero-order valence-corrected chi connectivity index (χ0v) is 15.6. The fraction of sp³-hybridized carbons (Fsp3) is 0.765. The minimum Gasteiger partial charge on any atom is -0.341 e. The summed E-state index contributed by atoms with van der Waals surface area (Å²) in [5.74, 6) is 1.09. The third kappa shape index (κ3) is 3.89. The van der Waals surface area contributed by atoms with Gasteiger partial charge >= 0.3 is 0 Å². The van der Waals surface area contributed by atoms with E-state index in [2.05, 4.69) is 19.8 Å². The molecule has 1 N–H and O–H groups in total. The summed E-state index contributed by atoms with van der Waals surface area (Å²) in [5.41, 5.74) is 0. The number of nitrogens with one attached hydrogen (secondary N) is 1. The third-order valence-electron chi connectivity index (χ3n) is 5.88. The van der Waals surface area contributed by atoms with Gasteiger partial charge in [-0.2, -0.15) is 0 Å². The van der Waals surface area contributed by atoms with E-state index < -0.39 is 0 Å². The predicted octanol–water partition coefficient (Wildman–Crippen LogP) is 2.81. The summed E-state index contributed by atoms with van der Waals surface area (Å²) in [4.78, 5) is 19.0. The van der Waals surface area contributed by atoms with Gasteiger partial charge in [-0.15, -0.1) is 24.8 Å². The number of hydrogen-bond donors (Lipinski definition) is 1. The lowest BCUT2D eigenvalue weighted by Gasteiger charge is -2.34. The molecule has 0 bridgehead atoms. The summed E-state index contributed by atoms with van der Waals surface area (Å²) in [5, 5.41) is 3.62. The zero-order chi connectivity index (χ0) is 14.9. The number of fused-ring (bicyclic) bond motifs is 1. The molecule has 0 radical (unpaired) electrons. The number of carbonyl (C=O) groups is 1. The standard InChI is InChI=1S/C17H26N4O.2ClH/c22-17(16-11-13-3-1-2-4-15(13)19-16)20-8-5-14(6-9-20)21-10-7-18-12-21;;/h7,10,12-16,19H,1-6,8-9,11H2;2*1H. The number of amides is 1. The van der Waals surface area contributed by atoms with Crippen molar-refractivity contribution in [3.63, 3.8) is 0 Å². The van der Waals surface area contributed by atoms with Crippen LogP contribution in [0.5, 0.6) is 0 Å². The van der Waals surface area contributed by atoms with Crippen LogP contribution in [0, 0.1) is 5.92 Å². The van der Waals surface area contributed by atoms with Crippen molar-refractivity contribution in [2.24, 2.45) is 5.92 Å². The molecule has 2 saturated heterocycles. The first kappa shape index (κ1) is 19.5. The van der Waals surface area contributed by atoms with Crippen molar-refractivity contribution >= 4 is 30.7 Å². The van der Waals surface area contributed by atoms with Crippen molar-refractivity contribution in [1.29, 1.82) is 0 Å². The number of piperidine rings is 1. The van der Waals surface area contributed by atoms with E-state index >= 15 is 0 Å². The van der Waals surface area contributed by atoms with Gasteiger partial charge in [-0.25, -0.2) is 4.98 Å². The molecule has 2 aliphatic heterocycles. The molecule has 3 aliphatic rings. The van der Waals surface area contributed by atoms with Gasteiger partial charge in [-0.3, -0.25) is 4.79 Å². The van der Waals surface area contributed by atoms with Crippen molar-refractivity contribution < 1.29 is 4.79 Å². The second-order valence-corrected chi connectivity index (χ2v) is 7.17. The summed E-state index contributed by atoms with van der Waals surface area (Å²) in [6.45, 7) is 1.77. The number of imidazole rings is 1. The van der Waals surface area contributed by atoms with Gasteiger partial charge in [0.2, 0.25) is 5.91 Å². The number of aromatic nitrogens is 2. The van der Waals surface area contributed by atoms with Crippen molar-refractivity contribution in [2.75, 3.05) is 13.1 Å². The normalized spacial score (nSPS) is 30.2. The van der Waals surface area contributed by atoms with Crippen LogP contribution in [0.4, 0.5) is 0 Å². The van der Waals surface area contributed by atoms with E-state index in [1.165, 1.54) is 25.7 Å². The number of likely N-dealkylation sites (tertiary alicyclic amines) is 1. The topological polar surface area (TPSA) is 50.2 Å². The Morgan fingerprint density at radius 1 is 1.08 bits per heavy atom. The Labute approximate surface area is 156 Å². The molecule has 1 amide bonds. The maximum Gasteiger partial charge on any atom is 0.239 e. The Balaban J connectivity index is 0.00000104. The quantitative estimate of drug-likeness (QED) is 0.865. The van der Waals surface area contributed by atoms with Crippen LogP contribution >= 0.6 is 24.8 Å². The summed E-state index contributed by atoms with van der Waals surface area (Å²) in [7, 11) is 0. The van der Waals surface area contributed by atoms with Gasteiger partial charge in [0, 0.05) is 37.6 Å². The largest absolute Gasteiger partial charge is 0.341 e. The van der Waals surface area contributed by atoms with Crippen LogP contribution in [-0.2, 0) is 4.79 Å². The monoisotopic (exact) mass is 374 g/mol. The van der Waals surface area contributed by atoms with E-state index in [1.54, 1.807) is 0 Å². The Kier molecular flexibility index (Phi) is 6.96. The van der Waals surface area contributed by atoms with Crippen LogP contribution in [0.25, 0.3) is 0 Å². The highest BCUT2D eigenvalue weighted by Crippen LogP contribution is 2.34. The Hall–Kier alpha value is -0.780. The highest BCUT2D eigenvalue weighted by molar-refractivity contribution is 5.85. The van der Waals surface area contributed by atoms with Crippen molar-refractivity contribution in [3.05, 3.63) is 18.7 Å². The summed E-state index contributed by atoms with van der Waals surface area (Å²) >= 11 is 0. The van der Waals surface area contributed by atoms with Gasteiger partial charge < -0.3 is 14.8 Å². The second-order valence-electron chi connectivity index (χ2n) is 7.17. The first-order chi connectivity index (χ1) is 10.8. The fourth-order valence-electron chi connectivity index (χ4n) is 4.60. The Morgan fingerprint density at radius 3 is 2.50 bits per heavy atom. The Morgan fingerprint density at radius 2 is 1.83 bits per heavy atom. The molecule has 1 aliphatic carbocycles. The van der Waals surface area contributed by atoms with Crippen LogP contribution in [0.15, 0.2) is 18.7 Å². The zero-order valence-electron chi connectivity index (χ0n) is 14.0. The summed E-state index contributed by atoms with van der Waals surface area (Å²) < 4.78 is 2.18. The summed E-state index contributed by atoms with van der Waals surface area (Å²) in [6.07, 6.45) is 14.2. The lowest BCUT2D eigenvalue weighted by atomic mass is 9.85. The maximum absolute atomic E-state index is 12.8. The lowest BCUT2D eigenvalue weighted by Crippen LogP contribution is -2.48. The highest BCUT2D eigenvalue weighted by atomic mass is 35.5. The highest BCUT2D eigenvalue weighted by Gasteiger charge is 2.40. The Bertz CT molecular complexity index is 503. The third-order valence-corrected chi connectivity index (χ3v) is 5.88. The van der Waals surface area contributed by atoms with Crippen LogP contribution in [0.2, 0.25) is 0 Å². The minimum absolute atomic E-state index is 0. The maximum atomic E-state index is 12.8. The predicted molar refractivity (Wildman–Crippen MR) is 98.9 cm³/mol. The number of carbonyl (C=O) groups excluding carboxylic acids is 1. The molecule has 0 spiro atoms. The van der Waals surface area contributed by atoms with Gasteiger partial charge in [0.1, 0.15) is 0 Å². The SMILES string of the molecule is Cl.Cl.O=C(C1CC2CCCCC2N1)N1CCC(n2ccnc2)CC1.